The fourth-order valence-electron chi connectivity index (χ4n) is 2.06. The Kier molecular flexibility index (Phi) is 6.14. The molecule has 1 heterocycles. The number of amides is 2. The third kappa shape index (κ3) is 4.69. The van der Waals surface area contributed by atoms with Crippen molar-refractivity contribution in [2.24, 2.45) is 5.73 Å². The maximum absolute atomic E-state index is 12.3. The quantitative estimate of drug-likeness (QED) is 0.558. The lowest BCUT2D eigenvalue weighted by atomic mass is 10.2. The molecule has 0 saturated carbocycles. The van der Waals surface area contributed by atoms with E-state index in [0.29, 0.717) is 17.5 Å². The SMILES string of the molecule is C=CCn1c(CC(=O)Nc2ccccc2C)nnc1SCC(N)=O. The molecule has 7 nitrogen and oxygen atoms in total. The van der Waals surface area contributed by atoms with E-state index in [1.165, 1.54) is 11.8 Å². The Balaban J connectivity index is 2.10. The van der Waals surface area contributed by atoms with Crippen molar-refractivity contribution in [3.63, 3.8) is 0 Å². The number of benzene rings is 1. The molecule has 0 aliphatic carbocycles. The van der Waals surface area contributed by atoms with Crippen LogP contribution in [0.2, 0.25) is 0 Å². The van der Waals surface area contributed by atoms with Crippen LogP contribution in [0.15, 0.2) is 42.1 Å². The second-order valence-electron chi connectivity index (χ2n) is 5.09. The molecular formula is C16H19N5O2S. The number of nitrogens with zero attached hydrogens (tertiary/aromatic N) is 3. The number of nitrogens with two attached hydrogens (primary N) is 1. The van der Waals surface area contributed by atoms with Crippen LogP contribution < -0.4 is 11.1 Å². The number of carbonyl (C=O) groups excluding carboxylic acids is 2. The lowest BCUT2D eigenvalue weighted by molar-refractivity contribution is -0.116. The zero-order valence-electron chi connectivity index (χ0n) is 13.4. The van der Waals surface area contributed by atoms with E-state index >= 15 is 0 Å². The highest BCUT2D eigenvalue weighted by molar-refractivity contribution is 7.99. The molecule has 0 saturated heterocycles. The smallest absolute Gasteiger partial charge is 0.232 e. The molecule has 0 bridgehead atoms. The minimum Gasteiger partial charge on any atom is -0.369 e. The number of primary amides is 1. The summed E-state index contributed by atoms with van der Waals surface area (Å²) >= 11 is 1.18. The minimum atomic E-state index is -0.438. The van der Waals surface area contributed by atoms with Crippen molar-refractivity contribution >= 4 is 29.3 Å². The van der Waals surface area contributed by atoms with Crippen LogP contribution in [0.4, 0.5) is 5.69 Å². The Labute approximate surface area is 144 Å². The van der Waals surface area contributed by atoms with Gasteiger partial charge in [-0.2, -0.15) is 0 Å². The van der Waals surface area contributed by atoms with Gasteiger partial charge in [0.1, 0.15) is 5.82 Å². The van der Waals surface area contributed by atoms with Crippen LogP contribution in [0.1, 0.15) is 11.4 Å². The first kappa shape index (κ1) is 17.7. The van der Waals surface area contributed by atoms with E-state index in [1.54, 1.807) is 10.6 Å². The molecule has 8 heteroatoms. The number of hydrogen-bond acceptors (Lipinski definition) is 5. The average Bonchev–Trinajstić information content (AvgIpc) is 2.90. The Morgan fingerprint density at radius 1 is 1.38 bits per heavy atom. The van der Waals surface area contributed by atoms with Gasteiger partial charge in [0.25, 0.3) is 0 Å². The average molecular weight is 345 g/mol. The van der Waals surface area contributed by atoms with Crippen molar-refractivity contribution in [2.75, 3.05) is 11.1 Å². The summed E-state index contributed by atoms with van der Waals surface area (Å²) in [5.41, 5.74) is 6.90. The molecule has 2 rings (SSSR count). The van der Waals surface area contributed by atoms with Crippen LogP contribution >= 0.6 is 11.8 Å². The van der Waals surface area contributed by atoms with Crippen molar-refractivity contribution in [2.45, 2.75) is 25.0 Å². The van der Waals surface area contributed by atoms with E-state index in [4.69, 9.17) is 5.73 Å². The predicted molar refractivity (Wildman–Crippen MR) is 93.7 cm³/mol. The number of thioether (sulfide) groups is 1. The van der Waals surface area contributed by atoms with Gasteiger partial charge >= 0.3 is 0 Å². The molecule has 2 amide bonds. The van der Waals surface area contributed by atoms with Crippen molar-refractivity contribution in [3.8, 4) is 0 Å². The van der Waals surface area contributed by atoms with E-state index < -0.39 is 5.91 Å². The molecule has 2 aromatic rings. The van der Waals surface area contributed by atoms with Gasteiger partial charge in [-0.05, 0) is 18.6 Å². The Hall–Kier alpha value is -2.61. The van der Waals surface area contributed by atoms with Crippen molar-refractivity contribution in [1.29, 1.82) is 0 Å². The van der Waals surface area contributed by atoms with E-state index in [1.807, 2.05) is 31.2 Å². The third-order valence-corrected chi connectivity index (χ3v) is 4.18. The summed E-state index contributed by atoms with van der Waals surface area (Å²) < 4.78 is 1.75. The van der Waals surface area contributed by atoms with E-state index in [-0.39, 0.29) is 18.1 Å². The molecule has 3 N–H and O–H groups in total. The number of allylic oxidation sites excluding steroid dienone is 1. The third-order valence-electron chi connectivity index (χ3n) is 3.19. The van der Waals surface area contributed by atoms with Gasteiger partial charge < -0.3 is 15.6 Å². The van der Waals surface area contributed by atoms with Crippen LogP contribution in [0.3, 0.4) is 0 Å². The zero-order valence-corrected chi connectivity index (χ0v) is 14.2. The maximum Gasteiger partial charge on any atom is 0.232 e. The second-order valence-corrected chi connectivity index (χ2v) is 6.04. The fraction of sp³-hybridized carbons (Fsp3) is 0.250. The van der Waals surface area contributed by atoms with Gasteiger partial charge in [0.15, 0.2) is 5.16 Å². The summed E-state index contributed by atoms with van der Waals surface area (Å²) in [6.07, 6.45) is 1.76. The van der Waals surface area contributed by atoms with Gasteiger partial charge in [-0.25, -0.2) is 0 Å². The number of para-hydroxylation sites is 1. The highest BCUT2D eigenvalue weighted by Gasteiger charge is 2.16. The van der Waals surface area contributed by atoms with Crippen LogP contribution in [-0.2, 0) is 22.6 Å². The number of hydrogen-bond donors (Lipinski definition) is 2. The van der Waals surface area contributed by atoms with Crippen molar-refractivity contribution in [1.82, 2.24) is 14.8 Å². The molecule has 0 radical (unpaired) electrons. The lowest BCUT2D eigenvalue weighted by Crippen LogP contribution is -2.18. The van der Waals surface area contributed by atoms with Crippen LogP contribution in [0.25, 0.3) is 0 Å². The molecule has 24 heavy (non-hydrogen) atoms. The first-order valence-electron chi connectivity index (χ1n) is 7.30. The fourth-order valence-corrected chi connectivity index (χ4v) is 2.76. The van der Waals surface area contributed by atoms with Crippen LogP contribution in [0.5, 0.6) is 0 Å². The second kappa shape index (κ2) is 8.30. The standard InChI is InChI=1S/C16H19N5O2S/c1-3-8-21-14(19-20-16(21)24-10-13(17)22)9-15(23)18-12-7-5-4-6-11(12)2/h3-7H,1,8-10H2,2H3,(H2,17,22)(H,18,23). The lowest BCUT2D eigenvalue weighted by Gasteiger charge is -2.09. The number of carbonyl (C=O) groups is 2. The summed E-state index contributed by atoms with van der Waals surface area (Å²) in [6.45, 7) is 6.06. The molecule has 1 aromatic carbocycles. The van der Waals surface area contributed by atoms with Crippen molar-refractivity contribution in [3.05, 3.63) is 48.3 Å². The molecular weight excluding hydrogens is 326 g/mol. The maximum atomic E-state index is 12.3. The van der Waals surface area contributed by atoms with Crippen LogP contribution in [-0.4, -0.2) is 32.3 Å². The molecule has 0 aliphatic heterocycles. The van der Waals surface area contributed by atoms with Crippen molar-refractivity contribution < 1.29 is 9.59 Å². The summed E-state index contributed by atoms with van der Waals surface area (Å²) in [5, 5.41) is 11.5. The molecule has 0 spiro atoms. The Morgan fingerprint density at radius 2 is 2.12 bits per heavy atom. The van der Waals surface area contributed by atoms with E-state index in [9.17, 15) is 9.59 Å². The Bertz CT molecular complexity index is 757. The Morgan fingerprint density at radius 3 is 2.79 bits per heavy atom. The van der Waals surface area contributed by atoms with E-state index in [2.05, 4.69) is 22.1 Å². The minimum absolute atomic E-state index is 0.0757. The normalized spacial score (nSPS) is 10.4. The van der Waals surface area contributed by atoms with E-state index in [0.717, 1.165) is 11.3 Å². The topological polar surface area (TPSA) is 103 Å². The van der Waals surface area contributed by atoms with Gasteiger partial charge in [0.05, 0.1) is 12.2 Å². The van der Waals surface area contributed by atoms with Gasteiger partial charge in [-0.1, -0.05) is 36.0 Å². The summed E-state index contributed by atoms with van der Waals surface area (Å²) in [4.78, 5) is 23.2. The molecule has 0 atom stereocenters. The van der Waals surface area contributed by atoms with Gasteiger partial charge in [0.2, 0.25) is 11.8 Å². The summed E-state index contributed by atoms with van der Waals surface area (Å²) in [7, 11) is 0. The monoisotopic (exact) mass is 345 g/mol. The molecule has 126 valence electrons. The first-order chi connectivity index (χ1) is 11.5. The number of aromatic nitrogens is 3. The molecule has 1 aromatic heterocycles. The van der Waals surface area contributed by atoms with Gasteiger partial charge in [-0.15, -0.1) is 16.8 Å². The number of rotatable bonds is 8. The van der Waals surface area contributed by atoms with Gasteiger partial charge in [-0.3, -0.25) is 9.59 Å². The highest BCUT2D eigenvalue weighted by atomic mass is 32.2. The highest BCUT2D eigenvalue weighted by Crippen LogP contribution is 2.18. The number of nitrogens with one attached hydrogen (secondary N) is 1. The first-order valence-corrected chi connectivity index (χ1v) is 8.29. The van der Waals surface area contributed by atoms with Crippen LogP contribution in [0, 0.1) is 6.92 Å². The van der Waals surface area contributed by atoms with Gasteiger partial charge in [0, 0.05) is 12.2 Å². The molecule has 0 fully saturated rings. The largest absolute Gasteiger partial charge is 0.369 e. The summed E-state index contributed by atoms with van der Waals surface area (Å²) in [5.74, 6) is -0.0153. The number of aryl methyl sites for hydroxylation is 1. The summed E-state index contributed by atoms with van der Waals surface area (Å²) in [6, 6.07) is 7.54. The zero-order chi connectivity index (χ0) is 17.5. The number of anilines is 1. The predicted octanol–water partition coefficient (Wildman–Crippen LogP) is 1.53. The molecule has 0 aliphatic rings. The molecule has 0 unspecified atom stereocenters.